The van der Waals surface area contributed by atoms with Crippen LogP contribution in [0.15, 0.2) is 57.8 Å². The Kier molecular flexibility index (Phi) is 7.76. The van der Waals surface area contributed by atoms with Crippen molar-refractivity contribution in [3.63, 3.8) is 0 Å². The van der Waals surface area contributed by atoms with Gasteiger partial charge in [-0.3, -0.25) is 4.79 Å². The zero-order valence-corrected chi connectivity index (χ0v) is 19.3. The molecule has 3 rings (SSSR count). The number of methoxy groups -OCH3 is 1. The molecule has 0 spiro atoms. The van der Waals surface area contributed by atoms with Crippen molar-refractivity contribution < 1.29 is 27.1 Å². The summed E-state index contributed by atoms with van der Waals surface area (Å²) in [6.07, 6.45) is 1.71. The van der Waals surface area contributed by atoms with Crippen LogP contribution in [0.1, 0.15) is 30.3 Å². The number of benzene rings is 2. The Morgan fingerprint density at radius 1 is 1.12 bits per heavy atom. The van der Waals surface area contributed by atoms with E-state index in [1.54, 1.807) is 31.4 Å². The van der Waals surface area contributed by atoms with Crippen molar-refractivity contribution in [2.45, 2.75) is 24.7 Å². The molecule has 0 radical (unpaired) electrons. The number of unbranched alkanes of at least 4 members (excludes halogenated alkanes) is 1. The third-order valence-electron chi connectivity index (χ3n) is 4.92. The Morgan fingerprint density at radius 2 is 1.91 bits per heavy atom. The monoisotopic (exact) mass is 460 g/mol. The number of hydrogen-bond acceptors (Lipinski definition) is 7. The van der Waals surface area contributed by atoms with Crippen LogP contribution < -0.4 is 14.4 Å². The van der Waals surface area contributed by atoms with Crippen molar-refractivity contribution in [3.8, 4) is 5.75 Å². The molecule has 0 atom stereocenters. The summed E-state index contributed by atoms with van der Waals surface area (Å²) in [4.78, 5) is 14.6. The number of rotatable bonds is 11. The number of carbonyl (C=O) groups is 1. The van der Waals surface area contributed by atoms with E-state index in [1.165, 1.54) is 12.1 Å². The Hall–Kier alpha value is -3.04. The summed E-state index contributed by atoms with van der Waals surface area (Å²) >= 11 is 0. The van der Waals surface area contributed by atoms with E-state index < -0.39 is 15.9 Å². The maximum atomic E-state index is 12.9. The summed E-state index contributed by atoms with van der Waals surface area (Å²) in [5, 5.41) is 0.694. The van der Waals surface area contributed by atoms with Gasteiger partial charge in [-0.25, -0.2) is 13.1 Å². The number of likely N-dealkylation sites (N-methyl/N-ethyl adjacent to an activating group) is 1. The topological polar surface area (TPSA) is 98.1 Å². The van der Waals surface area contributed by atoms with E-state index in [0.29, 0.717) is 30.7 Å². The number of hydrogen-bond donors (Lipinski definition) is 1. The lowest BCUT2D eigenvalue weighted by Crippen LogP contribution is -2.30. The smallest absolute Gasteiger partial charge is 0.300 e. The summed E-state index contributed by atoms with van der Waals surface area (Å²) < 4.78 is 44.1. The first-order valence-electron chi connectivity index (χ1n) is 10.4. The number of ether oxygens (including phenoxy) is 2. The summed E-state index contributed by atoms with van der Waals surface area (Å²) in [6.45, 7) is 3.66. The van der Waals surface area contributed by atoms with E-state index in [4.69, 9.17) is 13.9 Å². The number of anilines is 1. The summed E-state index contributed by atoms with van der Waals surface area (Å²) in [7, 11) is -0.594. The van der Waals surface area contributed by atoms with Crippen LogP contribution in [0.25, 0.3) is 11.0 Å². The molecule has 1 heterocycles. The highest BCUT2D eigenvalue weighted by atomic mass is 32.2. The fourth-order valence-corrected chi connectivity index (χ4v) is 4.18. The number of nitrogens with zero attached hydrogens (tertiary/aromatic N) is 1. The lowest BCUT2D eigenvalue weighted by atomic mass is 10.2. The van der Waals surface area contributed by atoms with Crippen LogP contribution in [-0.4, -0.2) is 48.2 Å². The number of sulfonamides is 1. The number of para-hydroxylation sites is 1. The third-order valence-corrected chi connectivity index (χ3v) is 6.29. The second-order valence-corrected chi connectivity index (χ2v) is 8.98. The van der Waals surface area contributed by atoms with Gasteiger partial charge in [0.05, 0.1) is 13.2 Å². The molecule has 1 aromatic heterocycles. The second-order valence-electron chi connectivity index (χ2n) is 7.33. The zero-order chi connectivity index (χ0) is 23.1. The molecule has 0 saturated carbocycles. The first-order valence-corrected chi connectivity index (χ1v) is 11.9. The molecule has 0 unspecified atom stereocenters. The van der Waals surface area contributed by atoms with Gasteiger partial charge in [-0.15, -0.1) is 0 Å². The van der Waals surface area contributed by atoms with Gasteiger partial charge in [-0.2, -0.15) is 0 Å². The van der Waals surface area contributed by atoms with Gasteiger partial charge in [-0.05, 0) is 36.8 Å². The Bertz CT molecular complexity index is 1170. The standard InChI is InChI=1S/C23H28N2O6S/c1-4-5-13-30-19-8-6-7-9-22(19)32(27,28)24-23(26)21-15-17-10-11-18(16-20(17)31-21)25(2)12-14-29-3/h6-11,15-16H,4-5,12-14H2,1-3H3,(H,24,26). The fourth-order valence-electron chi connectivity index (χ4n) is 3.07. The lowest BCUT2D eigenvalue weighted by Gasteiger charge is -2.18. The molecule has 0 fully saturated rings. The highest BCUT2D eigenvalue weighted by Crippen LogP contribution is 2.26. The van der Waals surface area contributed by atoms with Crippen molar-refractivity contribution in [3.05, 3.63) is 54.3 Å². The van der Waals surface area contributed by atoms with Gasteiger partial charge in [-0.1, -0.05) is 25.5 Å². The molecule has 8 nitrogen and oxygen atoms in total. The Labute approximate surface area is 188 Å². The normalized spacial score (nSPS) is 11.5. The quantitative estimate of drug-likeness (QED) is 0.435. The van der Waals surface area contributed by atoms with Gasteiger partial charge in [0.15, 0.2) is 5.76 Å². The van der Waals surface area contributed by atoms with Crippen molar-refractivity contribution in [2.75, 3.05) is 38.8 Å². The molecule has 172 valence electrons. The first-order chi connectivity index (χ1) is 15.4. The van der Waals surface area contributed by atoms with Crippen LogP contribution in [0.4, 0.5) is 5.69 Å². The molecule has 9 heteroatoms. The van der Waals surface area contributed by atoms with Crippen molar-refractivity contribution in [1.29, 1.82) is 0 Å². The number of fused-ring (bicyclic) bond motifs is 1. The molecule has 0 bridgehead atoms. The maximum Gasteiger partial charge on any atom is 0.300 e. The fraction of sp³-hybridized carbons (Fsp3) is 0.348. The van der Waals surface area contributed by atoms with Gasteiger partial charge >= 0.3 is 5.91 Å². The molecule has 0 aliphatic heterocycles. The van der Waals surface area contributed by atoms with Gasteiger partial charge in [0, 0.05) is 37.8 Å². The molecular formula is C23H28N2O6S. The van der Waals surface area contributed by atoms with E-state index >= 15 is 0 Å². The molecule has 0 aliphatic rings. The third kappa shape index (κ3) is 5.60. The van der Waals surface area contributed by atoms with Crippen LogP contribution in [0.5, 0.6) is 5.75 Å². The SMILES string of the molecule is CCCCOc1ccccc1S(=O)(=O)NC(=O)c1cc2ccc(N(C)CCOC)cc2o1. The van der Waals surface area contributed by atoms with Crippen molar-refractivity contribution in [2.24, 2.45) is 0 Å². The predicted molar refractivity (Wildman–Crippen MR) is 123 cm³/mol. The molecule has 3 aromatic rings. The first kappa shape index (κ1) is 23.6. The van der Waals surface area contributed by atoms with Crippen LogP contribution in [-0.2, 0) is 14.8 Å². The Balaban J connectivity index is 1.79. The maximum absolute atomic E-state index is 12.9. The molecule has 1 N–H and O–H groups in total. The largest absolute Gasteiger partial charge is 0.492 e. The van der Waals surface area contributed by atoms with E-state index in [-0.39, 0.29) is 16.4 Å². The van der Waals surface area contributed by atoms with Crippen LogP contribution in [0.2, 0.25) is 0 Å². The molecule has 0 saturated heterocycles. The van der Waals surface area contributed by atoms with Crippen LogP contribution in [0.3, 0.4) is 0 Å². The highest BCUT2D eigenvalue weighted by molar-refractivity contribution is 7.90. The molecule has 0 aliphatic carbocycles. The van der Waals surface area contributed by atoms with E-state index in [9.17, 15) is 13.2 Å². The van der Waals surface area contributed by atoms with Crippen molar-refractivity contribution in [1.82, 2.24) is 4.72 Å². The summed E-state index contributed by atoms with van der Waals surface area (Å²) in [6, 6.07) is 13.3. The van der Waals surface area contributed by atoms with Gasteiger partial charge in [0.1, 0.15) is 16.2 Å². The minimum Gasteiger partial charge on any atom is -0.492 e. The van der Waals surface area contributed by atoms with Gasteiger partial charge < -0.3 is 18.8 Å². The molecule has 1 amide bonds. The number of furan rings is 1. The minimum atomic E-state index is -4.15. The molecule has 2 aromatic carbocycles. The minimum absolute atomic E-state index is 0.0929. The summed E-state index contributed by atoms with van der Waals surface area (Å²) in [5.41, 5.74) is 1.37. The average Bonchev–Trinajstić information content (AvgIpc) is 3.21. The van der Waals surface area contributed by atoms with E-state index in [2.05, 4.69) is 4.72 Å². The number of nitrogens with one attached hydrogen (secondary N) is 1. The van der Waals surface area contributed by atoms with Gasteiger partial charge in [0.25, 0.3) is 10.0 Å². The van der Waals surface area contributed by atoms with Gasteiger partial charge in [0.2, 0.25) is 0 Å². The predicted octanol–water partition coefficient (Wildman–Crippen LogP) is 3.81. The van der Waals surface area contributed by atoms with E-state index in [1.807, 2.05) is 31.0 Å². The average molecular weight is 461 g/mol. The molecule has 32 heavy (non-hydrogen) atoms. The number of carbonyl (C=O) groups excluding carboxylic acids is 1. The van der Waals surface area contributed by atoms with Crippen LogP contribution >= 0.6 is 0 Å². The van der Waals surface area contributed by atoms with E-state index in [0.717, 1.165) is 18.5 Å². The van der Waals surface area contributed by atoms with Crippen molar-refractivity contribution >= 4 is 32.6 Å². The number of amides is 1. The second kappa shape index (κ2) is 10.5. The Morgan fingerprint density at radius 3 is 2.66 bits per heavy atom. The lowest BCUT2D eigenvalue weighted by molar-refractivity contribution is 0.0956. The summed E-state index contributed by atoms with van der Waals surface area (Å²) in [5.74, 6) is -0.738. The van der Waals surface area contributed by atoms with Crippen LogP contribution in [0, 0.1) is 0 Å². The molecular weight excluding hydrogens is 432 g/mol. The highest BCUT2D eigenvalue weighted by Gasteiger charge is 2.24. The zero-order valence-electron chi connectivity index (χ0n) is 18.5.